The van der Waals surface area contributed by atoms with Gasteiger partial charge in [0.2, 0.25) is 0 Å². The summed E-state index contributed by atoms with van der Waals surface area (Å²) in [5, 5.41) is 1.08. The van der Waals surface area contributed by atoms with Crippen LogP contribution in [0, 0.1) is 0 Å². The average Bonchev–Trinajstić information content (AvgIpc) is 2.89. The van der Waals surface area contributed by atoms with Crippen LogP contribution in [0.2, 0.25) is 0 Å². The summed E-state index contributed by atoms with van der Waals surface area (Å²) in [6.45, 7) is 0.719. The van der Waals surface area contributed by atoms with Gasteiger partial charge in [-0.05, 0) is 56.6 Å². The van der Waals surface area contributed by atoms with E-state index in [0.717, 1.165) is 16.6 Å². The minimum atomic E-state index is -0.649. The highest BCUT2D eigenvalue weighted by atomic mass is 16.6. The van der Waals surface area contributed by atoms with Crippen molar-refractivity contribution >= 4 is 16.9 Å². The summed E-state index contributed by atoms with van der Waals surface area (Å²) in [4.78, 5) is 19.1. The first-order chi connectivity index (χ1) is 17.5. The van der Waals surface area contributed by atoms with Gasteiger partial charge in [0, 0.05) is 10.9 Å². The zero-order valence-corrected chi connectivity index (χ0v) is 20.3. The lowest BCUT2D eigenvalue weighted by Gasteiger charge is -2.33. The van der Waals surface area contributed by atoms with Crippen molar-refractivity contribution in [3.05, 3.63) is 96.2 Å². The van der Waals surface area contributed by atoms with Gasteiger partial charge in [0.25, 0.3) is 0 Å². The summed E-state index contributed by atoms with van der Waals surface area (Å²) >= 11 is 0. The van der Waals surface area contributed by atoms with Crippen molar-refractivity contribution in [3.8, 4) is 17.2 Å². The van der Waals surface area contributed by atoms with Crippen LogP contribution in [-0.2, 0) is 16.1 Å². The van der Waals surface area contributed by atoms with E-state index >= 15 is 0 Å². The predicted molar refractivity (Wildman–Crippen MR) is 136 cm³/mol. The molecule has 5 rings (SSSR count). The fraction of sp³-hybridized carbons (Fsp3) is 0.241. The summed E-state index contributed by atoms with van der Waals surface area (Å²) in [5.74, 6) is 1.60. The lowest BCUT2D eigenvalue weighted by Crippen LogP contribution is -2.39. The number of fused-ring (bicyclic) bond motifs is 2. The quantitative estimate of drug-likeness (QED) is 0.333. The van der Waals surface area contributed by atoms with Gasteiger partial charge >= 0.3 is 5.97 Å². The largest absolute Gasteiger partial charge is 0.489 e. The van der Waals surface area contributed by atoms with E-state index in [1.54, 1.807) is 4.90 Å². The van der Waals surface area contributed by atoms with E-state index in [2.05, 4.69) is 4.98 Å². The number of nitrogens with zero attached hydrogens (tertiary/aromatic N) is 2. The van der Waals surface area contributed by atoms with Crippen LogP contribution in [0.15, 0.2) is 84.9 Å². The fourth-order valence-electron chi connectivity index (χ4n) is 4.12. The van der Waals surface area contributed by atoms with Gasteiger partial charge in [-0.2, -0.15) is 0 Å². The maximum atomic E-state index is 12.6. The molecule has 184 valence electrons. The molecule has 4 aromatic rings. The van der Waals surface area contributed by atoms with E-state index in [1.165, 1.54) is 0 Å². The number of likely N-dealkylation sites (N-methyl/N-ethyl adjacent to an activating group) is 1. The van der Waals surface area contributed by atoms with Crippen molar-refractivity contribution in [1.29, 1.82) is 0 Å². The summed E-state index contributed by atoms with van der Waals surface area (Å²) in [6.07, 6.45) is -1.16. The summed E-state index contributed by atoms with van der Waals surface area (Å²) in [5.41, 5.74) is 2.45. The molecular formula is C29H28N2O5. The van der Waals surface area contributed by atoms with Crippen molar-refractivity contribution in [2.75, 3.05) is 27.2 Å². The monoisotopic (exact) mass is 484 g/mol. The minimum absolute atomic E-state index is 0.161. The number of carbonyl (C=O) groups excluding carboxylic acids is 1. The molecule has 7 nitrogen and oxygen atoms in total. The molecular weight excluding hydrogens is 456 g/mol. The Balaban J connectivity index is 1.37. The van der Waals surface area contributed by atoms with E-state index in [-0.39, 0.29) is 19.1 Å². The Bertz CT molecular complexity index is 1340. The normalized spacial score (nSPS) is 16.8. The molecule has 0 fully saturated rings. The van der Waals surface area contributed by atoms with Gasteiger partial charge in [0.1, 0.15) is 30.5 Å². The second kappa shape index (κ2) is 10.7. The van der Waals surface area contributed by atoms with E-state index in [4.69, 9.17) is 18.9 Å². The molecule has 2 atom stereocenters. The Labute approximate surface area is 210 Å². The maximum Gasteiger partial charge on any atom is 0.320 e. The molecule has 0 bridgehead atoms. The second-order valence-electron chi connectivity index (χ2n) is 8.91. The van der Waals surface area contributed by atoms with Gasteiger partial charge in [-0.1, -0.05) is 42.5 Å². The van der Waals surface area contributed by atoms with E-state index in [9.17, 15) is 4.79 Å². The lowest BCUT2D eigenvalue weighted by atomic mass is 10.00. The van der Waals surface area contributed by atoms with Crippen molar-refractivity contribution in [3.63, 3.8) is 0 Å². The van der Waals surface area contributed by atoms with Crippen LogP contribution in [0.25, 0.3) is 10.9 Å². The van der Waals surface area contributed by atoms with Gasteiger partial charge in [-0.25, -0.2) is 4.98 Å². The molecule has 0 aliphatic carbocycles. The van der Waals surface area contributed by atoms with Crippen molar-refractivity contribution in [2.45, 2.75) is 18.8 Å². The van der Waals surface area contributed by atoms with Crippen LogP contribution in [0.4, 0.5) is 0 Å². The first kappa shape index (κ1) is 23.6. The molecule has 0 radical (unpaired) electrons. The predicted octanol–water partition coefficient (Wildman–Crippen LogP) is 4.80. The average molecular weight is 485 g/mol. The third-order valence-corrected chi connectivity index (χ3v) is 5.81. The number of ether oxygens (including phenoxy) is 4. The summed E-state index contributed by atoms with van der Waals surface area (Å²) in [7, 11) is 3.65. The minimum Gasteiger partial charge on any atom is -0.489 e. The zero-order chi connectivity index (χ0) is 24.9. The maximum absolute atomic E-state index is 12.6. The van der Waals surface area contributed by atoms with Crippen LogP contribution in [0.1, 0.15) is 17.4 Å². The molecule has 0 amide bonds. The van der Waals surface area contributed by atoms with Gasteiger partial charge < -0.3 is 18.9 Å². The molecule has 3 aromatic carbocycles. The molecule has 0 N–H and O–H groups in total. The number of benzene rings is 3. The van der Waals surface area contributed by atoms with Crippen molar-refractivity contribution in [2.24, 2.45) is 0 Å². The number of esters is 1. The second-order valence-corrected chi connectivity index (χ2v) is 8.91. The standard InChI is InChI=1S/C29H28N2O5/c1-31(2)17-28(32)36-29-24-16-23(33-18-21-13-12-20-8-6-7-11-25(20)30-21)14-15-26(24)34-19-27(29)35-22-9-4-3-5-10-22/h3-16,27,29H,17-19H2,1-2H3/t27-,29+/m0/s1. The number of hydrogen-bond acceptors (Lipinski definition) is 7. The molecule has 1 aromatic heterocycles. The Morgan fingerprint density at radius 2 is 1.78 bits per heavy atom. The van der Waals surface area contributed by atoms with E-state index < -0.39 is 12.2 Å². The van der Waals surface area contributed by atoms with Gasteiger partial charge in [-0.3, -0.25) is 9.69 Å². The first-order valence-corrected chi connectivity index (χ1v) is 11.9. The van der Waals surface area contributed by atoms with E-state index in [0.29, 0.717) is 29.4 Å². The number of pyridine rings is 1. The zero-order valence-electron chi connectivity index (χ0n) is 20.3. The molecule has 7 heteroatoms. The molecule has 0 unspecified atom stereocenters. The summed E-state index contributed by atoms with van der Waals surface area (Å²) < 4.78 is 24.1. The van der Waals surface area contributed by atoms with Crippen molar-refractivity contribution < 1.29 is 23.7 Å². The van der Waals surface area contributed by atoms with Crippen LogP contribution < -0.4 is 14.2 Å². The van der Waals surface area contributed by atoms with Gasteiger partial charge in [0.15, 0.2) is 12.2 Å². The highest BCUT2D eigenvalue weighted by Gasteiger charge is 2.36. The molecule has 2 heterocycles. The Morgan fingerprint density at radius 1 is 0.972 bits per heavy atom. The molecule has 1 aliphatic rings. The topological polar surface area (TPSA) is 70.1 Å². The fourth-order valence-corrected chi connectivity index (χ4v) is 4.12. The number of para-hydroxylation sites is 2. The van der Waals surface area contributed by atoms with Gasteiger partial charge in [-0.15, -0.1) is 0 Å². The number of hydrogen-bond donors (Lipinski definition) is 0. The smallest absolute Gasteiger partial charge is 0.320 e. The van der Waals surface area contributed by atoms with Crippen LogP contribution in [-0.4, -0.2) is 49.2 Å². The third-order valence-electron chi connectivity index (χ3n) is 5.81. The highest BCUT2D eigenvalue weighted by molar-refractivity contribution is 5.78. The Kier molecular flexibility index (Phi) is 7.00. The molecule has 0 saturated heterocycles. The number of rotatable bonds is 8. The van der Waals surface area contributed by atoms with Crippen molar-refractivity contribution in [1.82, 2.24) is 9.88 Å². The van der Waals surface area contributed by atoms with Crippen LogP contribution in [0.3, 0.4) is 0 Å². The Morgan fingerprint density at radius 3 is 2.61 bits per heavy atom. The van der Waals surface area contributed by atoms with E-state index in [1.807, 2.05) is 99.0 Å². The van der Waals surface area contributed by atoms with Crippen LogP contribution >= 0.6 is 0 Å². The molecule has 0 spiro atoms. The van der Waals surface area contributed by atoms with Gasteiger partial charge in [0.05, 0.1) is 17.8 Å². The Hall–Kier alpha value is -4.10. The highest BCUT2D eigenvalue weighted by Crippen LogP contribution is 2.39. The number of carbonyl (C=O) groups is 1. The first-order valence-electron chi connectivity index (χ1n) is 11.9. The molecule has 0 saturated carbocycles. The summed E-state index contributed by atoms with van der Waals surface area (Å²) in [6, 6.07) is 26.9. The van der Waals surface area contributed by atoms with Crippen LogP contribution in [0.5, 0.6) is 17.2 Å². The lowest BCUT2D eigenvalue weighted by molar-refractivity contribution is -0.157. The molecule has 36 heavy (non-hydrogen) atoms. The third kappa shape index (κ3) is 5.58. The SMILES string of the molecule is CN(C)CC(=O)O[C@@H]1c2cc(OCc3ccc4ccccc4n3)ccc2OC[C@@H]1Oc1ccccc1. The number of aromatic nitrogens is 1. The molecule has 1 aliphatic heterocycles.